The molecule has 2 aromatic rings. The Morgan fingerprint density at radius 3 is 2.36 bits per heavy atom. The highest BCUT2D eigenvalue weighted by Crippen LogP contribution is 2.29. The first-order valence-electron chi connectivity index (χ1n) is 6.75. The van der Waals surface area contributed by atoms with E-state index in [4.69, 9.17) is 9.47 Å². The van der Waals surface area contributed by atoms with E-state index in [1.54, 1.807) is 25.1 Å². The maximum Gasteiger partial charge on any atom is 0.258 e. The van der Waals surface area contributed by atoms with Gasteiger partial charge in [0.25, 0.3) is 5.91 Å². The second-order valence-electron chi connectivity index (χ2n) is 4.97. The maximum atomic E-state index is 12.4. The number of amides is 1. The van der Waals surface area contributed by atoms with E-state index < -0.39 is 5.60 Å². The van der Waals surface area contributed by atoms with Crippen molar-refractivity contribution in [2.24, 2.45) is 0 Å². The zero-order chi connectivity index (χ0) is 16.2. The molecule has 22 heavy (non-hydrogen) atoms. The normalized spacial score (nSPS) is 13.3. The van der Waals surface area contributed by atoms with Gasteiger partial charge in [-0.15, -0.1) is 11.3 Å². The molecule has 0 aliphatic rings. The van der Waals surface area contributed by atoms with Gasteiger partial charge in [0.2, 0.25) is 0 Å². The third-order valence-electron chi connectivity index (χ3n) is 3.30. The van der Waals surface area contributed by atoms with Crippen molar-refractivity contribution in [3.63, 3.8) is 0 Å². The number of ether oxygens (including phenoxy) is 2. The minimum atomic E-state index is -1.13. The summed E-state index contributed by atoms with van der Waals surface area (Å²) in [6.07, 6.45) is 0. The molecule has 6 heteroatoms. The summed E-state index contributed by atoms with van der Waals surface area (Å²) in [7, 11) is 2.99. The van der Waals surface area contributed by atoms with Crippen LogP contribution >= 0.6 is 11.3 Å². The Morgan fingerprint density at radius 1 is 1.23 bits per heavy atom. The standard InChI is InChI=1S/C16H19NO4S/c1-16(19,13-8-5-9-22-13)10-17-15(18)14-11(20-2)6-4-7-12(14)21-3/h4-9,19H,10H2,1-3H3,(H,17,18). The van der Waals surface area contributed by atoms with E-state index >= 15 is 0 Å². The first kappa shape index (κ1) is 16.3. The Morgan fingerprint density at radius 2 is 1.86 bits per heavy atom. The highest BCUT2D eigenvalue weighted by Gasteiger charge is 2.26. The number of nitrogens with one attached hydrogen (secondary N) is 1. The van der Waals surface area contributed by atoms with Crippen LogP contribution in [0.2, 0.25) is 0 Å². The summed E-state index contributed by atoms with van der Waals surface area (Å²) in [4.78, 5) is 13.2. The monoisotopic (exact) mass is 321 g/mol. The molecule has 0 aliphatic heterocycles. The quantitative estimate of drug-likeness (QED) is 0.857. The molecule has 0 saturated heterocycles. The van der Waals surface area contributed by atoms with Gasteiger partial charge in [-0.2, -0.15) is 0 Å². The van der Waals surface area contributed by atoms with Crippen LogP contribution in [0.25, 0.3) is 0 Å². The summed E-state index contributed by atoms with van der Waals surface area (Å²) in [6, 6.07) is 8.82. The van der Waals surface area contributed by atoms with Gasteiger partial charge < -0.3 is 19.9 Å². The van der Waals surface area contributed by atoms with Crippen LogP contribution in [-0.4, -0.2) is 31.8 Å². The van der Waals surface area contributed by atoms with Crippen LogP contribution in [0.15, 0.2) is 35.7 Å². The number of methoxy groups -OCH3 is 2. The number of hydrogen-bond acceptors (Lipinski definition) is 5. The van der Waals surface area contributed by atoms with E-state index in [1.807, 2.05) is 17.5 Å². The lowest BCUT2D eigenvalue weighted by molar-refractivity contribution is 0.0555. The van der Waals surface area contributed by atoms with Crippen molar-refractivity contribution in [1.82, 2.24) is 5.32 Å². The highest BCUT2D eigenvalue weighted by atomic mass is 32.1. The lowest BCUT2D eigenvalue weighted by Crippen LogP contribution is -2.38. The number of aliphatic hydroxyl groups is 1. The minimum absolute atomic E-state index is 0.0908. The molecule has 5 nitrogen and oxygen atoms in total. The molecule has 1 heterocycles. The van der Waals surface area contributed by atoms with Gasteiger partial charge in [-0.05, 0) is 30.5 Å². The highest BCUT2D eigenvalue weighted by molar-refractivity contribution is 7.10. The largest absolute Gasteiger partial charge is 0.496 e. The molecule has 1 atom stereocenters. The molecule has 2 rings (SSSR count). The third kappa shape index (κ3) is 3.40. The molecule has 1 aromatic carbocycles. The summed E-state index contributed by atoms with van der Waals surface area (Å²) in [5.41, 5.74) is -0.812. The van der Waals surface area contributed by atoms with Crippen molar-refractivity contribution in [2.75, 3.05) is 20.8 Å². The summed E-state index contributed by atoms with van der Waals surface area (Å²) < 4.78 is 10.4. The Balaban J connectivity index is 2.16. The summed E-state index contributed by atoms with van der Waals surface area (Å²) in [5, 5.41) is 15.1. The third-order valence-corrected chi connectivity index (χ3v) is 4.42. The molecule has 1 amide bonds. The predicted molar refractivity (Wildman–Crippen MR) is 85.8 cm³/mol. The zero-order valence-corrected chi connectivity index (χ0v) is 13.6. The van der Waals surface area contributed by atoms with E-state index in [9.17, 15) is 9.90 Å². The van der Waals surface area contributed by atoms with E-state index in [0.717, 1.165) is 4.88 Å². The van der Waals surface area contributed by atoms with Crippen LogP contribution in [0.5, 0.6) is 11.5 Å². The fraction of sp³-hybridized carbons (Fsp3) is 0.312. The molecular weight excluding hydrogens is 302 g/mol. The van der Waals surface area contributed by atoms with Crippen LogP contribution in [0, 0.1) is 0 Å². The fourth-order valence-electron chi connectivity index (χ4n) is 2.09. The molecule has 0 saturated carbocycles. The minimum Gasteiger partial charge on any atom is -0.496 e. The molecule has 118 valence electrons. The van der Waals surface area contributed by atoms with E-state index in [2.05, 4.69) is 5.32 Å². The lowest BCUT2D eigenvalue weighted by atomic mass is 10.0. The van der Waals surface area contributed by atoms with Gasteiger partial charge in [-0.3, -0.25) is 4.79 Å². The van der Waals surface area contributed by atoms with Gasteiger partial charge in [0, 0.05) is 4.88 Å². The molecule has 0 bridgehead atoms. The molecule has 0 radical (unpaired) electrons. The lowest BCUT2D eigenvalue weighted by Gasteiger charge is -2.23. The van der Waals surface area contributed by atoms with Gasteiger partial charge in [-0.25, -0.2) is 0 Å². The molecular formula is C16H19NO4S. The maximum absolute atomic E-state index is 12.4. The van der Waals surface area contributed by atoms with Gasteiger partial charge in [0.1, 0.15) is 22.7 Å². The summed E-state index contributed by atoms with van der Waals surface area (Å²) >= 11 is 1.44. The SMILES string of the molecule is COc1cccc(OC)c1C(=O)NCC(C)(O)c1cccs1. The predicted octanol–water partition coefficient (Wildman–Crippen LogP) is 2.40. The number of thiophene rings is 1. The van der Waals surface area contributed by atoms with Gasteiger partial charge in [0.05, 0.1) is 20.8 Å². The number of benzene rings is 1. The topological polar surface area (TPSA) is 67.8 Å². The van der Waals surface area contributed by atoms with Crippen LogP contribution in [-0.2, 0) is 5.60 Å². The van der Waals surface area contributed by atoms with Crippen LogP contribution in [0.3, 0.4) is 0 Å². The zero-order valence-electron chi connectivity index (χ0n) is 12.8. The van der Waals surface area contributed by atoms with Crippen molar-refractivity contribution >= 4 is 17.2 Å². The Hall–Kier alpha value is -2.05. The van der Waals surface area contributed by atoms with Crippen LogP contribution in [0.4, 0.5) is 0 Å². The Kier molecular flexibility index (Phi) is 5.05. The molecule has 1 unspecified atom stereocenters. The van der Waals surface area contributed by atoms with E-state index in [0.29, 0.717) is 17.1 Å². The van der Waals surface area contributed by atoms with Crippen molar-refractivity contribution < 1.29 is 19.4 Å². The van der Waals surface area contributed by atoms with Crippen LogP contribution in [0.1, 0.15) is 22.2 Å². The smallest absolute Gasteiger partial charge is 0.258 e. The molecule has 0 fully saturated rings. The summed E-state index contributed by atoms with van der Waals surface area (Å²) in [6.45, 7) is 1.76. The van der Waals surface area contributed by atoms with Gasteiger partial charge in [0.15, 0.2) is 0 Å². The van der Waals surface area contributed by atoms with Crippen molar-refractivity contribution in [3.05, 3.63) is 46.2 Å². The number of hydrogen-bond donors (Lipinski definition) is 2. The van der Waals surface area contributed by atoms with Gasteiger partial charge >= 0.3 is 0 Å². The second kappa shape index (κ2) is 6.81. The fourth-order valence-corrected chi connectivity index (χ4v) is 2.87. The average molecular weight is 321 g/mol. The van der Waals surface area contributed by atoms with E-state index in [1.165, 1.54) is 25.6 Å². The Bertz CT molecular complexity index is 615. The van der Waals surface area contributed by atoms with Crippen molar-refractivity contribution in [1.29, 1.82) is 0 Å². The van der Waals surface area contributed by atoms with E-state index in [-0.39, 0.29) is 12.5 Å². The first-order chi connectivity index (χ1) is 10.5. The van der Waals surface area contributed by atoms with Crippen molar-refractivity contribution in [2.45, 2.75) is 12.5 Å². The number of carbonyl (C=O) groups is 1. The average Bonchev–Trinajstić information content (AvgIpc) is 3.07. The van der Waals surface area contributed by atoms with Crippen LogP contribution < -0.4 is 14.8 Å². The number of carbonyl (C=O) groups excluding carboxylic acids is 1. The first-order valence-corrected chi connectivity index (χ1v) is 7.63. The second-order valence-corrected chi connectivity index (χ2v) is 5.92. The van der Waals surface area contributed by atoms with Crippen molar-refractivity contribution in [3.8, 4) is 11.5 Å². The molecule has 2 N–H and O–H groups in total. The molecule has 1 aromatic heterocycles. The van der Waals surface area contributed by atoms with Gasteiger partial charge in [-0.1, -0.05) is 12.1 Å². The molecule has 0 spiro atoms. The summed E-state index contributed by atoms with van der Waals surface area (Å²) in [5.74, 6) is 0.492. The molecule has 0 aliphatic carbocycles. The Labute approximate surface area is 133 Å². The number of rotatable bonds is 6.